The van der Waals surface area contributed by atoms with Gasteiger partial charge in [-0.05, 0) is 38.0 Å². The lowest BCUT2D eigenvalue weighted by molar-refractivity contribution is -0.138. The molecule has 0 bridgehead atoms. The lowest BCUT2D eigenvalue weighted by atomic mass is 10.2. The van der Waals surface area contributed by atoms with E-state index in [0.29, 0.717) is 9.76 Å². The van der Waals surface area contributed by atoms with E-state index in [9.17, 15) is 4.79 Å². The summed E-state index contributed by atoms with van der Waals surface area (Å²) in [4.78, 5) is 12.0. The highest BCUT2D eigenvalue weighted by molar-refractivity contribution is 6.75. The minimum Gasteiger partial charge on any atom is -0.519 e. The lowest BCUT2D eigenvalue weighted by Crippen LogP contribution is -2.43. The van der Waals surface area contributed by atoms with Gasteiger partial charge in [-0.3, -0.25) is 4.79 Å². The van der Waals surface area contributed by atoms with Crippen molar-refractivity contribution in [2.24, 2.45) is 5.92 Å². The van der Waals surface area contributed by atoms with Crippen molar-refractivity contribution >= 4 is 24.0 Å². The van der Waals surface area contributed by atoms with Crippen LogP contribution in [0.1, 0.15) is 41.5 Å². The first kappa shape index (κ1) is 17.9. The van der Waals surface area contributed by atoms with Crippen LogP contribution in [0, 0.1) is 5.92 Å². The molecule has 0 fully saturated rings. The summed E-state index contributed by atoms with van der Waals surface area (Å²) in [5.41, 5.74) is 0. The van der Waals surface area contributed by atoms with Crippen molar-refractivity contribution in [2.75, 3.05) is 0 Å². The predicted octanol–water partition coefficient (Wildman–Crippen LogP) is 3.63. The standard InChI is InChI=1S/C13H28O3Si2/c1-10(2)15-17-9-11(3)12(14)16-18(7,8)13(4,5)6/h10-11H,9H2,1-8H3. The molecule has 0 rings (SSSR count). The maximum atomic E-state index is 12.0. The summed E-state index contributed by atoms with van der Waals surface area (Å²) in [6, 6.07) is 0.756. The highest BCUT2D eigenvalue weighted by Gasteiger charge is 2.41. The van der Waals surface area contributed by atoms with Crippen LogP contribution in [-0.2, 0) is 13.6 Å². The summed E-state index contributed by atoms with van der Waals surface area (Å²) >= 11 is 0. The zero-order valence-electron chi connectivity index (χ0n) is 13.1. The molecule has 2 radical (unpaired) electrons. The Hall–Kier alpha value is -0.136. The van der Waals surface area contributed by atoms with E-state index in [2.05, 4.69) is 33.9 Å². The molecule has 0 amide bonds. The molecule has 0 aliphatic rings. The highest BCUT2D eigenvalue weighted by Crippen LogP contribution is 2.37. The smallest absolute Gasteiger partial charge is 0.295 e. The van der Waals surface area contributed by atoms with Crippen LogP contribution in [0.3, 0.4) is 0 Å². The Morgan fingerprint density at radius 3 is 2.11 bits per heavy atom. The van der Waals surface area contributed by atoms with Gasteiger partial charge in [0.25, 0.3) is 14.3 Å². The van der Waals surface area contributed by atoms with Crippen LogP contribution in [0.4, 0.5) is 0 Å². The first-order valence-corrected chi connectivity index (χ1v) is 10.6. The maximum absolute atomic E-state index is 12.0. The van der Waals surface area contributed by atoms with Crippen molar-refractivity contribution in [3.63, 3.8) is 0 Å². The third kappa shape index (κ3) is 6.15. The number of rotatable bonds is 6. The van der Waals surface area contributed by atoms with Gasteiger partial charge in [0.1, 0.15) is 0 Å². The summed E-state index contributed by atoms with van der Waals surface area (Å²) in [5.74, 6) is -0.141. The van der Waals surface area contributed by atoms with Crippen molar-refractivity contribution in [2.45, 2.75) is 71.8 Å². The summed E-state index contributed by atoms with van der Waals surface area (Å²) in [5, 5.41) is 0.0685. The van der Waals surface area contributed by atoms with Gasteiger partial charge >= 0.3 is 0 Å². The van der Waals surface area contributed by atoms with Crippen LogP contribution >= 0.6 is 0 Å². The molecule has 0 heterocycles. The predicted molar refractivity (Wildman–Crippen MR) is 79.2 cm³/mol. The van der Waals surface area contributed by atoms with Crippen LogP contribution in [0.15, 0.2) is 0 Å². The molecular formula is C13H28O3Si2. The number of carbonyl (C=O) groups excluding carboxylic acids is 1. The van der Waals surface area contributed by atoms with Gasteiger partial charge in [0, 0.05) is 6.10 Å². The Balaban J connectivity index is 4.24. The number of carbonyl (C=O) groups is 1. The van der Waals surface area contributed by atoms with Crippen molar-refractivity contribution in [1.29, 1.82) is 0 Å². The molecule has 0 aromatic carbocycles. The zero-order valence-corrected chi connectivity index (χ0v) is 15.1. The first-order chi connectivity index (χ1) is 7.97. The van der Waals surface area contributed by atoms with Crippen LogP contribution in [-0.4, -0.2) is 30.2 Å². The monoisotopic (exact) mass is 288 g/mol. The lowest BCUT2D eigenvalue weighted by Gasteiger charge is -2.36. The van der Waals surface area contributed by atoms with Crippen molar-refractivity contribution in [3.8, 4) is 0 Å². The molecule has 3 nitrogen and oxygen atoms in total. The summed E-state index contributed by atoms with van der Waals surface area (Å²) < 4.78 is 11.3. The van der Waals surface area contributed by atoms with Gasteiger partial charge in [0.15, 0.2) is 0 Å². The van der Waals surface area contributed by atoms with Crippen LogP contribution in [0.5, 0.6) is 0 Å². The Morgan fingerprint density at radius 1 is 1.22 bits per heavy atom. The van der Waals surface area contributed by atoms with Crippen LogP contribution in [0.25, 0.3) is 0 Å². The van der Waals surface area contributed by atoms with E-state index in [4.69, 9.17) is 8.85 Å². The summed E-state index contributed by atoms with van der Waals surface area (Å²) in [6.45, 7) is 16.6. The second-order valence-electron chi connectivity index (χ2n) is 6.60. The Labute approximate surface area is 116 Å². The Kier molecular flexibility index (Phi) is 6.81. The van der Waals surface area contributed by atoms with Gasteiger partial charge in [-0.25, -0.2) is 0 Å². The van der Waals surface area contributed by atoms with Gasteiger partial charge in [-0.2, -0.15) is 0 Å². The van der Waals surface area contributed by atoms with E-state index in [1.165, 1.54) is 0 Å². The molecule has 0 aliphatic heterocycles. The van der Waals surface area contributed by atoms with Crippen LogP contribution < -0.4 is 0 Å². The minimum absolute atomic E-state index is 0.0681. The van der Waals surface area contributed by atoms with E-state index < -0.39 is 8.32 Å². The molecule has 0 aromatic heterocycles. The fraction of sp³-hybridized carbons (Fsp3) is 0.923. The summed E-state index contributed by atoms with van der Waals surface area (Å²) in [6.07, 6.45) is 0.229. The fourth-order valence-corrected chi connectivity index (χ4v) is 2.78. The molecule has 0 aliphatic carbocycles. The Bertz CT molecular complexity index is 270. The molecule has 106 valence electrons. The number of hydrogen-bond acceptors (Lipinski definition) is 3. The quantitative estimate of drug-likeness (QED) is 0.700. The van der Waals surface area contributed by atoms with Crippen molar-refractivity contribution in [1.82, 2.24) is 0 Å². The van der Waals surface area contributed by atoms with Gasteiger partial charge < -0.3 is 8.85 Å². The molecule has 18 heavy (non-hydrogen) atoms. The van der Waals surface area contributed by atoms with Gasteiger partial charge in [-0.1, -0.05) is 27.7 Å². The van der Waals surface area contributed by atoms with Gasteiger partial charge in [-0.15, -0.1) is 0 Å². The second kappa shape index (κ2) is 6.86. The van der Waals surface area contributed by atoms with E-state index in [1.807, 2.05) is 20.8 Å². The van der Waals surface area contributed by atoms with E-state index in [-0.39, 0.29) is 23.0 Å². The molecule has 1 atom stereocenters. The Morgan fingerprint density at radius 2 is 1.72 bits per heavy atom. The second-order valence-corrected chi connectivity index (χ2v) is 12.3. The van der Waals surface area contributed by atoms with E-state index in [0.717, 1.165) is 6.04 Å². The zero-order chi connectivity index (χ0) is 14.6. The SMILES string of the molecule is CC(C)O[Si]CC(C)C(=O)O[Si](C)(C)C(C)(C)C. The fourth-order valence-electron chi connectivity index (χ4n) is 0.928. The van der Waals surface area contributed by atoms with Gasteiger partial charge in [0.05, 0.1) is 5.92 Å². The largest absolute Gasteiger partial charge is 0.519 e. The number of hydrogen-bond donors (Lipinski definition) is 0. The van der Waals surface area contributed by atoms with E-state index in [1.54, 1.807) is 0 Å². The molecule has 5 heteroatoms. The van der Waals surface area contributed by atoms with Crippen molar-refractivity contribution in [3.05, 3.63) is 0 Å². The van der Waals surface area contributed by atoms with E-state index >= 15 is 0 Å². The van der Waals surface area contributed by atoms with Crippen LogP contribution in [0.2, 0.25) is 24.2 Å². The third-order valence-electron chi connectivity index (χ3n) is 3.27. The maximum Gasteiger partial charge on any atom is 0.295 e. The van der Waals surface area contributed by atoms with Gasteiger partial charge in [0.2, 0.25) is 9.76 Å². The molecular weight excluding hydrogens is 260 g/mol. The minimum atomic E-state index is -1.98. The molecule has 0 saturated heterocycles. The molecule has 0 saturated carbocycles. The average Bonchev–Trinajstić information content (AvgIpc) is 2.14. The molecule has 0 aromatic rings. The highest BCUT2D eigenvalue weighted by atomic mass is 28.4. The first-order valence-electron chi connectivity index (χ1n) is 6.58. The van der Waals surface area contributed by atoms with Crippen molar-refractivity contribution < 1.29 is 13.6 Å². The average molecular weight is 289 g/mol. The normalized spacial score (nSPS) is 14.7. The molecule has 0 N–H and O–H groups in total. The molecule has 1 unspecified atom stereocenters. The summed E-state index contributed by atoms with van der Waals surface area (Å²) in [7, 11) is -1.61. The molecule has 0 spiro atoms. The third-order valence-corrected chi connectivity index (χ3v) is 9.01. The topological polar surface area (TPSA) is 35.5 Å².